The van der Waals surface area contributed by atoms with Crippen LogP contribution in [0.25, 0.3) is 11.5 Å². The highest BCUT2D eigenvalue weighted by molar-refractivity contribution is 5.51. The molecule has 4 rings (SSSR count). The molecule has 134 valence electrons. The smallest absolute Gasteiger partial charge is 0.247 e. The van der Waals surface area contributed by atoms with Crippen molar-refractivity contribution in [1.82, 2.24) is 20.1 Å². The maximum Gasteiger partial charge on any atom is 0.247 e. The van der Waals surface area contributed by atoms with Gasteiger partial charge >= 0.3 is 0 Å². The Balaban J connectivity index is 1.37. The number of hydrogen-bond donors (Lipinski definition) is 1. The van der Waals surface area contributed by atoms with E-state index in [1.165, 1.54) is 12.8 Å². The summed E-state index contributed by atoms with van der Waals surface area (Å²) < 4.78 is 5.86. The number of hydrogen-bond acceptors (Lipinski definition) is 6. The van der Waals surface area contributed by atoms with E-state index >= 15 is 0 Å². The first-order valence-electron chi connectivity index (χ1n) is 9.07. The van der Waals surface area contributed by atoms with Crippen molar-refractivity contribution in [3.63, 3.8) is 0 Å². The zero-order valence-electron chi connectivity index (χ0n) is 14.9. The van der Waals surface area contributed by atoms with Crippen LogP contribution in [0.5, 0.6) is 0 Å². The summed E-state index contributed by atoms with van der Waals surface area (Å²) in [6, 6.07) is 16.4. The Kier molecular flexibility index (Phi) is 4.93. The molecule has 0 radical (unpaired) electrons. The number of aryl methyl sites for hydroxylation is 1. The monoisotopic (exact) mass is 349 g/mol. The second-order valence-electron chi connectivity index (χ2n) is 6.68. The third-order valence-electron chi connectivity index (χ3n) is 4.73. The van der Waals surface area contributed by atoms with Crippen molar-refractivity contribution in [2.45, 2.75) is 32.4 Å². The molecule has 1 atom stereocenters. The van der Waals surface area contributed by atoms with Crippen LogP contribution in [0.1, 0.15) is 24.4 Å². The Morgan fingerprint density at radius 3 is 2.85 bits per heavy atom. The summed E-state index contributed by atoms with van der Waals surface area (Å²) in [4.78, 5) is 6.92. The van der Waals surface area contributed by atoms with Gasteiger partial charge in [0.05, 0.1) is 6.54 Å². The molecule has 26 heavy (non-hydrogen) atoms. The normalized spacial score (nSPS) is 17.5. The van der Waals surface area contributed by atoms with E-state index in [0.29, 0.717) is 24.4 Å². The van der Waals surface area contributed by atoms with Crippen LogP contribution in [-0.4, -0.2) is 39.2 Å². The average Bonchev–Trinajstić information content (AvgIpc) is 3.31. The molecular weight excluding hydrogens is 326 g/mol. The number of nitrogens with zero attached hydrogens (tertiary/aromatic N) is 4. The molecule has 1 fully saturated rings. The third kappa shape index (κ3) is 3.91. The minimum Gasteiger partial charge on any atom is -0.419 e. The van der Waals surface area contributed by atoms with Crippen LogP contribution in [0.2, 0.25) is 0 Å². The maximum absolute atomic E-state index is 5.86. The number of benzene rings is 1. The number of rotatable bonds is 6. The predicted octanol–water partition coefficient (Wildman–Crippen LogP) is 3.52. The fourth-order valence-corrected chi connectivity index (χ4v) is 3.39. The van der Waals surface area contributed by atoms with Crippen molar-refractivity contribution in [1.29, 1.82) is 0 Å². The number of pyridine rings is 1. The van der Waals surface area contributed by atoms with Gasteiger partial charge in [-0.25, -0.2) is 4.98 Å². The van der Waals surface area contributed by atoms with E-state index in [0.717, 1.165) is 30.2 Å². The second kappa shape index (κ2) is 7.66. The first-order chi connectivity index (χ1) is 12.8. The number of aromatic nitrogens is 3. The summed E-state index contributed by atoms with van der Waals surface area (Å²) in [5.41, 5.74) is 1.98. The topological polar surface area (TPSA) is 67.1 Å². The van der Waals surface area contributed by atoms with Crippen molar-refractivity contribution >= 4 is 5.82 Å². The molecule has 3 heterocycles. The van der Waals surface area contributed by atoms with Crippen LogP contribution in [0, 0.1) is 6.92 Å². The molecule has 1 aromatic carbocycles. The molecule has 1 saturated heterocycles. The summed E-state index contributed by atoms with van der Waals surface area (Å²) in [6.07, 6.45) is 2.35. The lowest BCUT2D eigenvalue weighted by Crippen LogP contribution is -2.34. The van der Waals surface area contributed by atoms with Crippen molar-refractivity contribution in [3.05, 3.63) is 60.1 Å². The lowest BCUT2D eigenvalue weighted by molar-refractivity contribution is 0.229. The fourth-order valence-electron chi connectivity index (χ4n) is 3.39. The summed E-state index contributed by atoms with van der Waals surface area (Å²) >= 11 is 0. The second-order valence-corrected chi connectivity index (χ2v) is 6.68. The molecule has 6 heteroatoms. The Labute approximate surface area is 153 Å². The summed E-state index contributed by atoms with van der Waals surface area (Å²) in [6.45, 7) is 4.62. The molecule has 0 saturated carbocycles. The van der Waals surface area contributed by atoms with Crippen LogP contribution >= 0.6 is 0 Å². The van der Waals surface area contributed by atoms with Crippen molar-refractivity contribution in [2.75, 3.05) is 18.4 Å². The lowest BCUT2D eigenvalue weighted by Gasteiger charge is -2.23. The molecule has 2 aromatic heterocycles. The number of likely N-dealkylation sites (tertiary alicyclic amines) is 1. The molecule has 0 aliphatic carbocycles. The van der Waals surface area contributed by atoms with Gasteiger partial charge in [0.2, 0.25) is 11.8 Å². The SMILES string of the molecule is Cc1cccc(NCC2CCCN2Cc2nnc(-c3ccccc3)o2)n1. The van der Waals surface area contributed by atoms with Crippen LogP contribution in [0.3, 0.4) is 0 Å². The first kappa shape index (κ1) is 16.7. The van der Waals surface area contributed by atoms with E-state index in [9.17, 15) is 0 Å². The molecule has 6 nitrogen and oxygen atoms in total. The Morgan fingerprint density at radius 2 is 2.00 bits per heavy atom. The molecule has 0 bridgehead atoms. The largest absolute Gasteiger partial charge is 0.419 e. The number of nitrogens with one attached hydrogen (secondary N) is 1. The zero-order valence-corrected chi connectivity index (χ0v) is 14.9. The van der Waals surface area contributed by atoms with Gasteiger partial charge in [0.15, 0.2) is 0 Å². The van der Waals surface area contributed by atoms with Gasteiger partial charge in [0.25, 0.3) is 0 Å². The maximum atomic E-state index is 5.86. The molecule has 1 aliphatic rings. The quantitative estimate of drug-likeness (QED) is 0.734. The standard InChI is InChI=1S/C20H23N5O/c1-15-7-5-11-18(22-15)21-13-17-10-6-12-25(17)14-19-23-24-20(26-19)16-8-3-2-4-9-16/h2-5,7-9,11,17H,6,10,12-14H2,1H3,(H,21,22). The lowest BCUT2D eigenvalue weighted by atomic mass is 10.2. The highest BCUT2D eigenvalue weighted by Gasteiger charge is 2.26. The number of anilines is 1. The third-order valence-corrected chi connectivity index (χ3v) is 4.73. The minimum absolute atomic E-state index is 0.449. The Morgan fingerprint density at radius 1 is 1.12 bits per heavy atom. The van der Waals surface area contributed by atoms with Gasteiger partial charge in [-0.3, -0.25) is 4.90 Å². The van der Waals surface area contributed by atoms with Gasteiger partial charge in [-0.15, -0.1) is 10.2 Å². The fraction of sp³-hybridized carbons (Fsp3) is 0.350. The predicted molar refractivity (Wildman–Crippen MR) is 101 cm³/mol. The highest BCUT2D eigenvalue weighted by atomic mass is 16.4. The minimum atomic E-state index is 0.449. The van der Waals surface area contributed by atoms with E-state index in [1.807, 2.05) is 55.5 Å². The van der Waals surface area contributed by atoms with Crippen molar-refractivity contribution in [2.24, 2.45) is 0 Å². The van der Waals surface area contributed by atoms with E-state index < -0.39 is 0 Å². The molecule has 1 aliphatic heterocycles. The summed E-state index contributed by atoms with van der Waals surface area (Å²) in [7, 11) is 0. The van der Waals surface area contributed by atoms with Gasteiger partial charge in [0.1, 0.15) is 5.82 Å². The first-order valence-corrected chi connectivity index (χ1v) is 9.07. The van der Waals surface area contributed by atoms with E-state index in [1.54, 1.807) is 0 Å². The molecular formula is C20H23N5O. The van der Waals surface area contributed by atoms with Crippen LogP contribution in [0.4, 0.5) is 5.82 Å². The molecule has 0 spiro atoms. The Hall–Kier alpha value is -2.73. The van der Waals surface area contributed by atoms with E-state index in [4.69, 9.17) is 4.42 Å². The van der Waals surface area contributed by atoms with E-state index in [-0.39, 0.29) is 0 Å². The molecule has 3 aromatic rings. The van der Waals surface area contributed by atoms with E-state index in [2.05, 4.69) is 25.4 Å². The van der Waals surface area contributed by atoms with Crippen LogP contribution in [0.15, 0.2) is 52.9 Å². The Bertz CT molecular complexity index is 848. The summed E-state index contributed by atoms with van der Waals surface area (Å²) in [5, 5.41) is 11.9. The average molecular weight is 349 g/mol. The van der Waals surface area contributed by atoms with Crippen LogP contribution < -0.4 is 5.32 Å². The van der Waals surface area contributed by atoms with Crippen LogP contribution in [-0.2, 0) is 6.54 Å². The zero-order chi connectivity index (χ0) is 17.8. The van der Waals surface area contributed by atoms with Gasteiger partial charge in [-0.2, -0.15) is 0 Å². The van der Waals surface area contributed by atoms with Gasteiger partial charge in [-0.1, -0.05) is 24.3 Å². The molecule has 0 amide bonds. The summed E-state index contributed by atoms with van der Waals surface area (Å²) in [5.74, 6) is 2.18. The van der Waals surface area contributed by atoms with Gasteiger partial charge in [-0.05, 0) is 50.6 Å². The van der Waals surface area contributed by atoms with Crippen molar-refractivity contribution in [3.8, 4) is 11.5 Å². The molecule has 1 unspecified atom stereocenters. The molecule has 1 N–H and O–H groups in total. The van der Waals surface area contributed by atoms with Gasteiger partial charge in [0, 0.05) is 23.8 Å². The van der Waals surface area contributed by atoms with Gasteiger partial charge < -0.3 is 9.73 Å². The highest BCUT2D eigenvalue weighted by Crippen LogP contribution is 2.22. The van der Waals surface area contributed by atoms with Crippen molar-refractivity contribution < 1.29 is 4.42 Å².